The highest BCUT2D eigenvalue weighted by Gasteiger charge is 2.17. The smallest absolute Gasteiger partial charge is 0.262 e. The lowest BCUT2D eigenvalue weighted by atomic mass is 10.2. The van der Waals surface area contributed by atoms with Crippen molar-refractivity contribution in [3.8, 4) is 6.07 Å². The van der Waals surface area contributed by atoms with Crippen LogP contribution < -0.4 is 10.5 Å². The lowest BCUT2D eigenvalue weighted by molar-refractivity contribution is 0.595. The van der Waals surface area contributed by atoms with E-state index in [1.165, 1.54) is 18.2 Å². The van der Waals surface area contributed by atoms with Crippen molar-refractivity contribution in [2.45, 2.75) is 4.90 Å². The summed E-state index contributed by atoms with van der Waals surface area (Å²) < 4.78 is 40.3. The molecule has 0 atom stereocenters. The number of halogens is 2. The van der Waals surface area contributed by atoms with Crippen molar-refractivity contribution in [3.63, 3.8) is 0 Å². The molecule has 0 amide bonds. The fraction of sp³-hybridized carbons (Fsp3) is 0. The van der Waals surface area contributed by atoms with Gasteiger partial charge in [0.05, 0.1) is 22.2 Å². The molecule has 5 nitrogen and oxygen atoms in total. The third-order valence-corrected chi connectivity index (χ3v) is 4.55. The first-order valence-electron chi connectivity index (χ1n) is 5.60. The number of benzene rings is 2. The summed E-state index contributed by atoms with van der Waals surface area (Å²) in [5, 5.41) is 8.76. The molecule has 0 aliphatic rings. The van der Waals surface area contributed by atoms with Gasteiger partial charge in [-0.1, -0.05) is 0 Å². The molecule has 0 spiro atoms. The number of nitrogens with one attached hydrogen (secondary N) is 1. The lowest BCUT2D eigenvalue weighted by Gasteiger charge is -2.10. The molecule has 0 saturated heterocycles. The molecule has 2 aromatic carbocycles. The SMILES string of the molecule is N#Cc1ccc(NS(=O)(=O)c2cc(N)cc(F)c2)c(Br)c1. The van der Waals surface area contributed by atoms with E-state index in [2.05, 4.69) is 20.7 Å². The van der Waals surface area contributed by atoms with Crippen LogP contribution in [0.4, 0.5) is 15.8 Å². The summed E-state index contributed by atoms with van der Waals surface area (Å²) in [7, 11) is -3.98. The predicted molar refractivity (Wildman–Crippen MR) is 80.5 cm³/mol. The van der Waals surface area contributed by atoms with Crippen molar-refractivity contribution >= 4 is 37.3 Å². The molecule has 0 bridgehead atoms. The largest absolute Gasteiger partial charge is 0.399 e. The lowest BCUT2D eigenvalue weighted by Crippen LogP contribution is -2.14. The van der Waals surface area contributed by atoms with E-state index in [1.54, 1.807) is 0 Å². The molecule has 8 heteroatoms. The number of nitrogens with two attached hydrogens (primary N) is 1. The highest BCUT2D eigenvalue weighted by molar-refractivity contribution is 9.10. The molecule has 0 saturated carbocycles. The molecule has 0 fully saturated rings. The summed E-state index contributed by atoms with van der Waals surface area (Å²) in [5.41, 5.74) is 6.06. The molecule has 2 aromatic rings. The Morgan fingerprint density at radius 1 is 1.24 bits per heavy atom. The van der Waals surface area contributed by atoms with Gasteiger partial charge in [-0.2, -0.15) is 5.26 Å². The molecule has 2 rings (SSSR count). The van der Waals surface area contributed by atoms with Crippen LogP contribution in [0, 0.1) is 17.1 Å². The maximum absolute atomic E-state index is 13.3. The van der Waals surface area contributed by atoms with Crippen molar-refractivity contribution in [2.75, 3.05) is 10.5 Å². The number of sulfonamides is 1. The van der Waals surface area contributed by atoms with Gasteiger partial charge < -0.3 is 5.73 Å². The average molecular weight is 370 g/mol. The van der Waals surface area contributed by atoms with Crippen LogP contribution in [0.5, 0.6) is 0 Å². The number of hydrogen-bond acceptors (Lipinski definition) is 4. The monoisotopic (exact) mass is 369 g/mol. The van der Waals surface area contributed by atoms with Gasteiger partial charge in [-0.3, -0.25) is 4.72 Å². The summed E-state index contributed by atoms with van der Waals surface area (Å²) in [4.78, 5) is -0.281. The summed E-state index contributed by atoms with van der Waals surface area (Å²) >= 11 is 3.17. The summed E-state index contributed by atoms with van der Waals surface area (Å²) in [6, 6.07) is 9.35. The van der Waals surface area contributed by atoms with Crippen molar-refractivity contribution in [3.05, 3.63) is 52.3 Å². The Morgan fingerprint density at radius 2 is 1.95 bits per heavy atom. The number of hydrogen-bond donors (Lipinski definition) is 2. The van der Waals surface area contributed by atoms with Gasteiger partial charge in [0, 0.05) is 10.2 Å². The minimum absolute atomic E-state index is 0.00858. The van der Waals surface area contributed by atoms with Crippen LogP contribution in [-0.4, -0.2) is 8.42 Å². The Morgan fingerprint density at radius 3 is 2.52 bits per heavy atom. The first kappa shape index (κ1) is 15.3. The third kappa shape index (κ3) is 3.51. The second-order valence-electron chi connectivity index (χ2n) is 4.13. The van der Waals surface area contributed by atoms with Crippen molar-refractivity contribution < 1.29 is 12.8 Å². The zero-order valence-electron chi connectivity index (χ0n) is 10.5. The minimum atomic E-state index is -3.98. The maximum atomic E-state index is 13.3. The number of nitrogens with zero attached hydrogens (tertiary/aromatic N) is 1. The topological polar surface area (TPSA) is 96.0 Å². The minimum Gasteiger partial charge on any atom is -0.399 e. The Hall–Kier alpha value is -2.11. The maximum Gasteiger partial charge on any atom is 0.262 e. The highest BCUT2D eigenvalue weighted by Crippen LogP contribution is 2.26. The van der Waals surface area contributed by atoms with Gasteiger partial charge in [0.25, 0.3) is 10.0 Å². The number of rotatable bonds is 3. The zero-order chi connectivity index (χ0) is 15.6. The molecule has 0 aliphatic heterocycles. The first-order chi connectivity index (χ1) is 9.81. The number of nitrogen functional groups attached to an aromatic ring is 1. The van der Waals surface area contributed by atoms with Gasteiger partial charge >= 0.3 is 0 Å². The van der Waals surface area contributed by atoms with E-state index in [-0.39, 0.29) is 16.3 Å². The summed E-state index contributed by atoms with van der Waals surface area (Å²) in [5.74, 6) is -0.741. The molecule has 0 aromatic heterocycles. The van der Waals surface area contributed by atoms with E-state index in [0.717, 1.165) is 18.2 Å². The first-order valence-corrected chi connectivity index (χ1v) is 7.88. The molecule has 0 aliphatic carbocycles. The normalized spacial score (nSPS) is 10.9. The van der Waals surface area contributed by atoms with Crippen LogP contribution in [0.2, 0.25) is 0 Å². The van der Waals surface area contributed by atoms with Crippen molar-refractivity contribution in [1.82, 2.24) is 0 Å². The number of anilines is 2. The standard InChI is InChI=1S/C13H9BrFN3O2S/c14-12-3-8(7-16)1-2-13(12)18-21(19,20)11-5-9(15)4-10(17)6-11/h1-6,18H,17H2. The molecule has 3 N–H and O–H groups in total. The van der Waals surface area contributed by atoms with E-state index in [1.807, 2.05) is 6.07 Å². The predicted octanol–water partition coefficient (Wildman–Crippen LogP) is 2.84. The van der Waals surface area contributed by atoms with Crippen LogP contribution in [0.3, 0.4) is 0 Å². The number of nitriles is 1. The third-order valence-electron chi connectivity index (χ3n) is 2.55. The van der Waals surface area contributed by atoms with Crippen molar-refractivity contribution in [1.29, 1.82) is 5.26 Å². The summed E-state index contributed by atoms with van der Waals surface area (Å²) in [6.07, 6.45) is 0. The second kappa shape index (κ2) is 5.71. The van der Waals surface area contributed by atoms with E-state index in [4.69, 9.17) is 11.0 Å². The molecule has 108 valence electrons. The van der Waals surface area contributed by atoms with Crippen molar-refractivity contribution in [2.24, 2.45) is 0 Å². The average Bonchev–Trinajstić information content (AvgIpc) is 2.40. The molecule has 0 heterocycles. The van der Waals surface area contributed by atoms with Gasteiger partial charge in [-0.05, 0) is 52.3 Å². The van der Waals surface area contributed by atoms with E-state index < -0.39 is 15.8 Å². The van der Waals surface area contributed by atoms with Gasteiger partial charge in [-0.25, -0.2) is 12.8 Å². The van der Waals surface area contributed by atoms with Crippen LogP contribution in [0.15, 0.2) is 45.8 Å². The van der Waals surface area contributed by atoms with E-state index in [0.29, 0.717) is 10.0 Å². The van der Waals surface area contributed by atoms with Crippen LogP contribution in [-0.2, 0) is 10.0 Å². The molecule has 0 radical (unpaired) electrons. The molecule has 21 heavy (non-hydrogen) atoms. The Kier molecular flexibility index (Phi) is 4.16. The zero-order valence-corrected chi connectivity index (χ0v) is 12.9. The van der Waals surface area contributed by atoms with Gasteiger partial charge in [-0.15, -0.1) is 0 Å². The molecular weight excluding hydrogens is 361 g/mol. The second-order valence-corrected chi connectivity index (χ2v) is 6.67. The fourth-order valence-corrected chi connectivity index (χ4v) is 3.36. The van der Waals surface area contributed by atoms with Gasteiger partial charge in [0.2, 0.25) is 0 Å². The Bertz CT molecular complexity index is 827. The van der Waals surface area contributed by atoms with Gasteiger partial charge in [0.1, 0.15) is 5.82 Å². The van der Waals surface area contributed by atoms with Gasteiger partial charge in [0.15, 0.2) is 0 Å². The van der Waals surface area contributed by atoms with E-state index in [9.17, 15) is 12.8 Å². The van der Waals surface area contributed by atoms with Crippen LogP contribution >= 0.6 is 15.9 Å². The van der Waals surface area contributed by atoms with E-state index >= 15 is 0 Å². The summed E-state index contributed by atoms with van der Waals surface area (Å²) in [6.45, 7) is 0. The fourth-order valence-electron chi connectivity index (χ4n) is 1.61. The van der Waals surface area contributed by atoms with Crippen LogP contribution in [0.1, 0.15) is 5.56 Å². The quantitative estimate of drug-likeness (QED) is 0.812. The highest BCUT2D eigenvalue weighted by atomic mass is 79.9. The molecule has 0 unspecified atom stereocenters. The Balaban J connectivity index is 2.40. The molecular formula is C13H9BrFN3O2S. The Labute approximate surface area is 129 Å². The van der Waals surface area contributed by atoms with Crippen LogP contribution in [0.25, 0.3) is 0 Å².